The van der Waals surface area contributed by atoms with Crippen LogP contribution < -0.4 is 0 Å². The standard InChI is InChI=1S/C25H31FN2/c1-17(2)9-10-18(3)22-8-6-5-7-21(22)15-20-11-12-23(25(26)19(20)4)24-13-14-27-16-28-24/h9-14,16,18,21-22H,1,5-8,15H2,2-4H3/b10-9-. The molecule has 1 heterocycles. The van der Waals surface area contributed by atoms with Crippen molar-refractivity contribution in [1.29, 1.82) is 0 Å². The molecule has 3 unspecified atom stereocenters. The van der Waals surface area contributed by atoms with Gasteiger partial charge in [0.25, 0.3) is 0 Å². The summed E-state index contributed by atoms with van der Waals surface area (Å²) in [6.45, 7) is 10.2. The highest BCUT2D eigenvalue weighted by Gasteiger charge is 2.29. The summed E-state index contributed by atoms with van der Waals surface area (Å²) in [5.41, 5.74) is 4.17. The smallest absolute Gasteiger partial charge is 0.135 e. The molecular weight excluding hydrogens is 347 g/mol. The van der Waals surface area contributed by atoms with Gasteiger partial charge in [0.2, 0.25) is 0 Å². The van der Waals surface area contributed by atoms with Gasteiger partial charge < -0.3 is 0 Å². The average Bonchev–Trinajstić information content (AvgIpc) is 2.71. The molecule has 148 valence electrons. The van der Waals surface area contributed by atoms with Crippen LogP contribution in [0.5, 0.6) is 0 Å². The van der Waals surface area contributed by atoms with Crippen LogP contribution in [0.25, 0.3) is 11.3 Å². The number of rotatable bonds is 6. The van der Waals surface area contributed by atoms with E-state index < -0.39 is 0 Å². The second kappa shape index (κ2) is 9.27. The van der Waals surface area contributed by atoms with Crippen molar-refractivity contribution in [2.75, 3.05) is 0 Å². The minimum Gasteiger partial charge on any atom is -0.245 e. The first-order valence-corrected chi connectivity index (χ1v) is 10.4. The normalized spacial score (nSPS) is 21.0. The molecule has 0 N–H and O–H groups in total. The predicted octanol–water partition coefficient (Wildman–Crippen LogP) is 6.71. The van der Waals surface area contributed by atoms with E-state index in [-0.39, 0.29) is 5.82 Å². The number of benzene rings is 1. The van der Waals surface area contributed by atoms with E-state index in [9.17, 15) is 0 Å². The lowest BCUT2D eigenvalue weighted by Gasteiger charge is -2.35. The Labute approximate surface area is 168 Å². The Balaban J connectivity index is 1.81. The van der Waals surface area contributed by atoms with Gasteiger partial charge in [0, 0.05) is 11.8 Å². The second-order valence-corrected chi connectivity index (χ2v) is 8.28. The van der Waals surface area contributed by atoms with Crippen LogP contribution in [0.1, 0.15) is 50.7 Å². The molecule has 0 amide bonds. The molecule has 0 aliphatic heterocycles. The summed E-state index contributed by atoms with van der Waals surface area (Å²) in [5, 5.41) is 0. The van der Waals surface area contributed by atoms with Crippen molar-refractivity contribution >= 4 is 0 Å². The van der Waals surface area contributed by atoms with Gasteiger partial charge in [0.05, 0.1) is 5.69 Å². The fraction of sp³-hybridized carbons (Fsp3) is 0.440. The highest BCUT2D eigenvalue weighted by atomic mass is 19.1. The highest BCUT2D eigenvalue weighted by molar-refractivity contribution is 5.61. The third-order valence-corrected chi connectivity index (χ3v) is 6.17. The van der Waals surface area contributed by atoms with E-state index in [0.717, 1.165) is 23.1 Å². The summed E-state index contributed by atoms with van der Waals surface area (Å²) in [4.78, 5) is 8.12. The van der Waals surface area contributed by atoms with Gasteiger partial charge in [-0.05, 0) is 74.1 Å². The Morgan fingerprint density at radius 1 is 1.29 bits per heavy atom. The van der Waals surface area contributed by atoms with E-state index in [0.29, 0.717) is 29.0 Å². The fourth-order valence-corrected chi connectivity index (χ4v) is 4.52. The minimum atomic E-state index is -0.154. The van der Waals surface area contributed by atoms with Crippen molar-refractivity contribution in [2.45, 2.75) is 52.9 Å². The Kier molecular flexibility index (Phi) is 6.77. The van der Waals surface area contributed by atoms with E-state index in [2.05, 4.69) is 41.7 Å². The molecule has 3 atom stereocenters. The van der Waals surface area contributed by atoms with Crippen LogP contribution in [-0.2, 0) is 6.42 Å². The van der Waals surface area contributed by atoms with Crippen molar-refractivity contribution in [3.8, 4) is 11.3 Å². The molecule has 0 spiro atoms. The number of hydrogen-bond donors (Lipinski definition) is 0. The molecule has 1 aliphatic rings. The molecule has 0 saturated heterocycles. The van der Waals surface area contributed by atoms with Gasteiger partial charge in [0.15, 0.2) is 0 Å². The summed E-state index contributed by atoms with van der Waals surface area (Å²) in [5.74, 6) is 1.61. The lowest BCUT2D eigenvalue weighted by Crippen LogP contribution is -2.26. The maximum absolute atomic E-state index is 15.1. The highest BCUT2D eigenvalue weighted by Crippen LogP contribution is 2.39. The van der Waals surface area contributed by atoms with Gasteiger partial charge in [-0.3, -0.25) is 0 Å². The van der Waals surface area contributed by atoms with Gasteiger partial charge in [-0.2, -0.15) is 0 Å². The third-order valence-electron chi connectivity index (χ3n) is 6.17. The zero-order valence-electron chi connectivity index (χ0n) is 17.3. The van der Waals surface area contributed by atoms with Gasteiger partial charge in [-0.25, -0.2) is 14.4 Å². The Morgan fingerprint density at radius 3 is 2.79 bits per heavy atom. The molecule has 2 aromatic rings. The van der Waals surface area contributed by atoms with E-state index in [1.807, 2.05) is 19.9 Å². The van der Waals surface area contributed by atoms with Gasteiger partial charge >= 0.3 is 0 Å². The Bertz CT molecular complexity index is 841. The van der Waals surface area contributed by atoms with E-state index in [1.54, 1.807) is 12.3 Å². The van der Waals surface area contributed by atoms with Crippen LogP contribution in [0.4, 0.5) is 4.39 Å². The number of hydrogen-bond acceptors (Lipinski definition) is 2. The largest absolute Gasteiger partial charge is 0.245 e. The topological polar surface area (TPSA) is 25.8 Å². The van der Waals surface area contributed by atoms with Crippen LogP contribution >= 0.6 is 0 Å². The number of halogens is 1. The molecule has 1 aromatic carbocycles. The van der Waals surface area contributed by atoms with Crippen LogP contribution in [-0.4, -0.2) is 9.97 Å². The molecule has 1 saturated carbocycles. The summed E-state index contributed by atoms with van der Waals surface area (Å²) < 4.78 is 15.1. The molecule has 0 radical (unpaired) electrons. The number of aromatic nitrogens is 2. The molecular formula is C25H31FN2. The second-order valence-electron chi connectivity index (χ2n) is 8.28. The monoisotopic (exact) mass is 378 g/mol. The van der Waals surface area contributed by atoms with E-state index in [1.165, 1.54) is 32.0 Å². The van der Waals surface area contributed by atoms with Crippen LogP contribution in [0.15, 0.2) is 55.0 Å². The maximum atomic E-state index is 15.1. The van der Waals surface area contributed by atoms with Crippen molar-refractivity contribution < 1.29 is 4.39 Å². The number of nitrogens with zero attached hydrogens (tertiary/aromatic N) is 2. The van der Waals surface area contributed by atoms with Crippen LogP contribution in [0, 0.1) is 30.5 Å². The predicted molar refractivity (Wildman–Crippen MR) is 114 cm³/mol. The summed E-state index contributed by atoms with van der Waals surface area (Å²) in [6.07, 6.45) is 13.6. The van der Waals surface area contributed by atoms with Crippen molar-refractivity contribution in [1.82, 2.24) is 9.97 Å². The van der Waals surface area contributed by atoms with Crippen molar-refractivity contribution in [3.63, 3.8) is 0 Å². The van der Waals surface area contributed by atoms with Crippen LogP contribution in [0.2, 0.25) is 0 Å². The first kappa shape index (κ1) is 20.4. The summed E-state index contributed by atoms with van der Waals surface area (Å²) >= 11 is 0. The molecule has 1 aliphatic carbocycles. The quantitative estimate of drug-likeness (QED) is 0.522. The van der Waals surface area contributed by atoms with E-state index >= 15 is 4.39 Å². The molecule has 1 fully saturated rings. The SMILES string of the molecule is C=C(C)/C=C\C(C)C1CCCCC1Cc1ccc(-c2ccncn2)c(F)c1C. The average molecular weight is 379 g/mol. The molecule has 1 aromatic heterocycles. The molecule has 0 bridgehead atoms. The Hall–Kier alpha value is -2.29. The number of allylic oxidation sites excluding steroid dienone is 3. The lowest BCUT2D eigenvalue weighted by atomic mass is 9.70. The third kappa shape index (κ3) is 4.76. The first-order valence-electron chi connectivity index (χ1n) is 10.4. The molecule has 2 nitrogen and oxygen atoms in total. The summed E-state index contributed by atoms with van der Waals surface area (Å²) in [6, 6.07) is 5.72. The molecule has 28 heavy (non-hydrogen) atoms. The van der Waals surface area contributed by atoms with E-state index in [4.69, 9.17) is 0 Å². The van der Waals surface area contributed by atoms with Gasteiger partial charge in [-0.15, -0.1) is 0 Å². The zero-order valence-corrected chi connectivity index (χ0v) is 17.3. The zero-order chi connectivity index (χ0) is 20.1. The van der Waals surface area contributed by atoms with Crippen LogP contribution in [0.3, 0.4) is 0 Å². The maximum Gasteiger partial charge on any atom is 0.135 e. The van der Waals surface area contributed by atoms with Gasteiger partial charge in [-0.1, -0.05) is 50.1 Å². The minimum absolute atomic E-state index is 0.154. The van der Waals surface area contributed by atoms with Crippen molar-refractivity contribution in [3.05, 3.63) is 72.0 Å². The van der Waals surface area contributed by atoms with Crippen molar-refractivity contribution in [2.24, 2.45) is 17.8 Å². The first-order chi connectivity index (χ1) is 13.5. The summed E-state index contributed by atoms with van der Waals surface area (Å²) in [7, 11) is 0. The Morgan fingerprint density at radius 2 is 2.07 bits per heavy atom. The van der Waals surface area contributed by atoms with Gasteiger partial charge in [0.1, 0.15) is 12.1 Å². The molecule has 3 rings (SSSR count). The fourth-order valence-electron chi connectivity index (χ4n) is 4.52. The lowest BCUT2D eigenvalue weighted by molar-refractivity contribution is 0.193. The molecule has 3 heteroatoms.